The zero-order chi connectivity index (χ0) is 18.9. The summed E-state index contributed by atoms with van der Waals surface area (Å²) < 4.78 is 8.18. The van der Waals surface area contributed by atoms with Crippen molar-refractivity contribution < 1.29 is 21.5 Å². The Hall–Kier alpha value is -1.25. The Kier molecular flexibility index (Phi) is 6.61. The van der Waals surface area contributed by atoms with Gasteiger partial charge in [0.1, 0.15) is 21.5 Å². The molecule has 0 atom stereocenters. The molecule has 4 rings (SSSR count). The molecule has 4 heteroatoms. The Labute approximate surface area is 187 Å². The third-order valence-electron chi connectivity index (χ3n) is 4.98. The number of hydrogen-bond acceptors (Lipinski definition) is 1. The van der Waals surface area contributed by atoms with Crippen molar-refractivity contribution in [1.82, 2.24) is 0 Å². The van der Waals surface area contributed by atoms with Gasteiger partial charge in [-0.2, -0.15) is 0 Å². The van der Waals surface area contributed by atoms with Gasteiger partial charge >= 0.3 is 0 Å². The molecule has 0 saturated heterocycles. The van der Waals surface area contributed by atoms with Gasteiger partial charge in [0, 0.05) is 6.42 Å². The molecule has 0 unspecified atom stereocenters. The molecular weight excluding hydrogens is 495 g/mol. The van der Waals surface area contributed by atoms with Gasteiger partial charge in [-0.05, 0) is 59.6 Å². The summed E-state index contributed by atoms with van der Waals surface area (Å²) in [4.78, 5) is 0. The Bertz CT molecular complexity index is 914. The second kappa shape index (κ2) is 8.63. The highest BCUT2D eigenvalue weighted by atomic mass is 79.9. The molecule has 3 aromatic carbocycles. The average Bonchev–Trinajstić information content (AvgIpc) is 2.92. The summed E-state index contributed by atoms with van der Waals surface area (Å²) >= 11 is 3.94. The molecule has 28 heavy (non-hydrogen) atoms. The molecule has 0 spiro atoms. The fourth-order valence-corrected chi connectivity index (χ4v) is 8.99. The standard InChI is InChI=1S/C24H23BrOP.BrH/c1-24(2)23(25)22(18-19-12-6-3-7-13-19)27(26-24,20-14-8-4-9-15-20)21-16-10-5-11-17-21;/h3-17H,18H2,1-2H3;1H/q+1;/p-1. The van der Waals surface area contributed by atoms with E-state index in [4.69, 9.17) is 4.52 Å². The lowest BCUT2D eigenvalue weighted by atomic mass is 10.1. The van der Waals surface area contributed by atoms with Crippen LogP contribution in [0.5, 0.6) is 0 Å². The highest BCUT2D eigenvalue weighted by molar-refractivity contribution is 9.11. The van der Waals surface area contributed by atoms with Gasteiger partial charge in [0.2, 0.25) is 7.49 Å². The van der Waals surface area contributed by atoms with Gasteiger partial charge in [-0.15, -0.1) is 0 Å². The highest BCUT2D eigenvalue weighted by Gasteiger charge is 2.61. The quantitative estimate of drug-likeness (QED) is 0.483. The van der Waals surface area contributed by atoms with Crippen molar-refractivity contribution in [3.05, 3.63) is 106 Å². The van der Waals surface area contributed by atoms with Crippen LogP contribution in [0.2, 0.25) is 0 Å². The molecule has 0 bridgehead atoms. The zero-order valence-corrected chi connectivity index (χ0v) is 20.0. The molecule has 0 saturated carbocycles. The summed E-state index contributed by atoms with van der Waals surface area (Å²) in [6.45, 7) is 4.32. The fourth-order valence-electron chi connectivity index (χ4n) is 3.74. The van der Waals surface area contributed by atoms with Crippen molar-refractivity contribution in [2.24, 2.45) is 0 Å². The van der Waals surface area contributed by atoms with Gasteiger partial charge < -0.3 is 17.0 Å². The van der Waals surface area contributed by atoms with E-state index in [9.17, 15) is 0 Å². The van der Waals surface area contributed by atoms with Crippen LogP contribution in [-0.2, 0) is 10.9 Å². The minimum atomic E-state index is -2.17. The first-order valence-corrected chi connectivity index (χ1v) is 11.7. The topological polar surface area (TPSA) is 9.23 Å². The van der Waals surface area contributed by atoms with E-state index in [-0.39, 0.29) is 22.6 Å². The van der Waals surface area contributed by atoms with Crippen LogP contribution in [0.15, 0.2) is 101 Å². The van der Waals surface area contributed by atoms with Gasteiger partial charge in [0.25, 0.3) is 0 Å². The summed E-state index contributed by atoms with van der Waals surface area (Å²) in [6.07, 6.45) is 0.877. The summed E-state index contributed by atoms with van der Waals surface area (Å²) in [5.74, 6) is 0. The molecule has 0 aliphatic carbocycles. The van der Waals surface area contributed by atoms with Gasteiger partial charge in [0.15, 0.2) is 0 Å². The van der Waals surface area contributed by atoms with E-state index >= 15 is 0 Å². The Balaban J connectivity index is 0.00000225. The van der Waals surface area contributed by atoms with E-state index in [1.807, 2.05) is 0 Å². The van der Waals surface area contributed by atoms with Crippen molar-refractivity contribution in [2.45, 2.75) is 25.9 Å². The van der Waals surface area contributed by atoms with Crippen LogP contribution in [0.1, 0.15) is 19.4 Å². The predicted octanol–water partition coefficient (Wildman–Crippen LogP) is 3.23. The molecular formula is C24H23Br2OP. The number of allylic oxidation sites excluding steroid dienone is 1. The normalized spacial score (nSPS) is 17.2. The van der Waals surface area contributed by atoms with Crippen LogP contribution in [0.25, 0.3) is 0 Å². The van der Waals surface area contributed by atoms with Gasteiger partial charge in [0.05, 0.1) is 4.48 Å². The first kappa shape index (κ1) is 21.5. The maximum atomic E-state index is 7.00. The molecule has 1 heterocycles. The van der Waals surface area contributed by atoms with Crippen molar-refractivity contribution >= 4 is 34.0 Å². The molecule has 0 fully saturated rings. The largest absolute Gasteiger partial charge is 1.00 e. The van der Waals surface area contributed by atoms with Crippen molar-refractivity contribution in [2.75, 3.05) is 0 Å². The van der Waals surface area contributed by atoms with Crippen LogP contribution >= 0.6 is 23.4 Å². The van der Waals surface area contributed by atoms with E-state index in [1.165, 1.54) is 26.0 Å². The van der Waals surface area contributed by atoms with Crippen LogP contribution in [-0.4, -0.2) is 5.60 Å². The molecule has 144 valence electrons. The van der Waals surface area contributed by atoms with E-state index < -0.39 is 7.49 Å². The second-order valence-electron chi connectivity index (χ2n) is 7.31. The summed E-state index contributed by atoms with van der Waals surface area (Å²) in [7, 11) is -2.17. The van der Waals surface area contributed by atoms with Gasteiger partial charge in [-0.1, -0.05) is 66.7 Å². The molecule has 0 aromatic heterocycles. The van der Waals surface area contributed by atoms with E-state index in [0.29, 0.717) is 0 Å². The molecule has 0 radical (unpaired) electrons. The van der Waals surface area contributed by atoms with Gasteiger partial charge in [-0.25, -0.2) is 4.52 Å². The third-order valence-corrected chi connectivity index (χ3v) is 10.6. The fraction of sp³-hybridized carbons (Fsp3) is 0.167. The van der Waals surface area contributed by atoms with Gasteiger partial charge in [-0.3, -0.25) is 0 Å². The maximum absolute atomic E-state index is 7.00. The lowest BCUT2D eigenvalue weighted by molar-refractivity contribution is -0.00000781. The molecule has 3 aromatic rings. The Morgan fingerprint density at radius 3 is 1.64 bits per heavy atom. The summed E-state index contributed by atoms with van der Waals surface area (Å²) in [5, 5.41) is 3.91. The number of benzene rings is 3. The minimum Gasteiger partial charge on any atom is -1.00 e. The van der Waals surface area contributed by atoms with Crippen LogP contribution in [0, 0.1) is 0 Å². The number of halogens is 2. The van der Waals surface area contributed by atoms with E-state index in [0.717, 1.165) is 6.42 Å². The molecule has 0 amide bonds. The minimum absolute atomic E-state index is 0. The van der Waals surface area contributed by atoms with Crippen molar-refractivity contribution in [1.29, 1.82) is 0 Å². The zero-order valence-electron chi connectivity index (χ0n) is 16.0. The second-order valence-corrected chi connectivity index (χ2v) is 11.1. The SMILES string of the molecule is CC1(C)O[P+](c2ccccc2)(c2ccccc2)C(Cc2ccccc2)=C1Br.[Br-]. The van der Waals surface area contributed by atoms with Crippen molar-refractivity contribution in [3.8, 4) is 0 Å². The van der Waals surface area contributed by atoms with E-state index in [2.05, 4.69) is 121 Å². The first-order chi connectivity index (χ1) is 13.0. The smallest absolute Gasteiger partial charge is 0.240 e. The molecule has 1 aliphatic heterocycles. The Morgan fingerprint density at radius 2 is 1.18 bits per heavy atom. The van der Waals surface area contributed by atoms with Crippen LogP contribution in [0.4, 0.5) is 0 Å². The summed E-state index contributed by atoms with van der Waals surface area (Å²) in [5.41, 5.74) is 0.950. The first-order valence-electron chi connectivity index (χ1n) is 9.19. The Morgan fingerprint density at radius 1 is 0.750 bits per heavy atom. The number of hydrogen-bond donors (Lipinski definition) is 0. The van der Waals surface area contributed by atoms with Crippen LogP contribution < -0.4 is 27.6 Å². The lowest BCUT2D eigenvalue weighted by Crippen LogP contribution is -3.00. The van der Waals surface area contributed by atoms with Crippen molar-refractivity contribution in [3.63, 3.8) is 0 Å². The average molecular weight is 518 g/mol. The third kappa shape index (κ3) is 3.78. The summed E-state index contributed by atoms with van der Waals surface area (Å²) in [6, 6.07) is 32.1. The lowest BCUT2D eigenvalue weighted by Gasteiger charge is -2.26. The monoisotopic (exact) mass is 516 g/mol. The number of rotatable bonds is 4. The highest BCUT2D eigenvalue weighted by Crippen LogP contribution is 2.74. The van der Waals surface area contributed by atoms with E-state index in [1.54, 1.807) is 0 Å². The molecule has 0 N–H and O–H groups in total. The molecule has 1 nitrogen and oxygen atoms in total. The molecule has 1 aliphatic rings. The maximum Gasteiger partial charge on any atom is 0.240 e. The van der Waals surface area contributed by atoms with Crippen LogP contribution in [0.3, 0.4) is 0 Å². The predicted molar refractivity (Wildman–Crippen MR) is 120 cm³/mol.